The lowest BCUT2D eigenvalue weighted by molar-refractivity contribution is -0.143. The largest absolute Gasteiger partial charge is 0.480 e. The first kappa shape index (κ1) is 24.6. The van der Waals surface area contributed by atoms with E-state index in [4.69, 9.17) is 21.8 Å². The van der Waals surface area contributed by atoms with E-state index in [1.165, 1.54) is 6.92 Å². The van der Waals surface area contributed by atoms with E-state index in [0.29, 0.717) is 5.56 Å². The number of carboxylic acids is 1. The number of nitrogens with zero attached hydrogens (tertiary/aromatic N) is 1. The molecule has 0 spiro atoms. The summed E-state index contributed by atoms with van der Waals surface area (Å²) in [5, 5.41) is 17.6. The minimum Gasteiger partial charge on any atom is -0.480 e. The summed E-state index contributed by atoms with van der Waals surface area (Å²) in [6.07, 6.45) is 0. The Labute approximate surface area is 176 Å². The molecule has 0 saturated heterocycles. The van der Waals surface area contributed by atoms with Crippen molar-refractivity contribution in [3.63, 3.8) is 0 Å². The number of rotatable bonds is 3. The number of benzene rings is 2. The van der Waals surface area contributed by atoms with Gasteiger partial charge in [0.1, 0.15) is 11.1 Å². The summed E-state index contributed by atoms with van der Waals surface area (Å²) in [5.41, 5.74) is 10.5. The van der Waals surface area contributed by atoms with Crippen LogP contribution >= 0.6 is 44.3 Å². The molecule has 5 N–H and O–H groups in total. The van der Waals surface area contributed by atoms with Crippen LogP contribution in [0.1, 0.15) is 25.0 Å². The Morgan fingerprint density at radius 2 is 1.46 bits per heavy atom. The molecule has 2 unspecified atom stereocenters. The Hall–Kier alpha value is -1.43. The standard InChI is InChI=1S/C9H9BrN2.C9H10BrNO2.ClH/c1-9(12,6-11)7-3-2-4-8(10)5-7;1-9(11,8(12)13)6-3-2-4-7(10)5-6;/h2-5H,12H2,1H3;2-5H,11H2,1H3,(H,12,13);1H. The van der Waals surface area contributed by atoms with Crippen molar-refractivity contribution < 1.29 is 9.90 Å². The summed E-state index contributed by atoms with van der Waals surface area (Å²) in [5.74, 6) is -1.04. The molecule has 0 aliphatic carbocycles. The molecule has 2 atom stereocenters. The van der Waals surface area contributed by atoms with Gasteiger partial charge in [-0.15, -0.1) is 12.4 Å². The van der Waals surface area contributed by atoms with Crippen molar-refractivity contribution in [2.75, 3.05) is 0 Å². The molecular formula is C18H20Br2ClN3O2. The molecule has 5 nitrogen and oxygen atoms in total. The van der Waals surface area contributed by atoms with E-state index in [1.54, 1.807) is 25.1 Å². The lowest BCUT2D eigenvalue weighted by atomic mass is 9.94. The number of carbonyl (C=O) groups is 1. The van der Waals surface area contributed by atoms with Gasteiger partial charge >= 0.3 is 5.97 Å². The molecule has 0 radical (unpaired) electrons. The van der Waals surface area contributed by atoms with E-state index >= 15 is 0 Å². The van der Waals surface area contributed by atoms with E-state index in [-0.39, 0.29) is 12.4 Å². The quantitative estimate of drug-likeness (QED) is 0.576. The van der Waals surface area contributed by atoms with Crippen molar-refractivity contribution >= 4 is 50.2 Å². The monoisotopic (exact) mass is 503 g/mol. The Kier molecular flexibility index (Phi) is 9.49. The molecule has 0 aromatic heterocycles. The number of nitrogens with two attached hydrogens (primary N) is 2. The SMILES string of the molecule is CC(N)(C#N)c1cccc(Br)c1.CC(N)(C(=O)O)c1cccc(Br)c1.Cl. The predicted molar refractivity (Wildman–Crippen MR) is 112 cm³/mol. The van der Waals surface area contributed by atoms with Crippen LogP contribution in [0.4, 0.5) is 0 Å². The summed E-state index contributed by atoms with van der Waals surface area (Å²) in [4.78, 5) is 10.8. The molecule has 26 heavy (non-hydrogen) atoms. The highest BCUT2D eigenvalue weighted by Crippen LogP contribution is 2.22. The highest BCUT2D eigenvalue weighted by molar-refractivity contribution is 9.10. The van der Waals surface area contributed by atoms with Crippen LogP contribution in [-0.2, 0) is 15.9 Å². The van der Waals surface area contributed by atoms with Crippen LogP contribution in [0.25, 0.3) is 0 Å². The van der Waals surface area contributed by atoms with Gasteiger partial charge in [-0.05, 0) is 49.2 Å². The number of aliphatic carboxylic acids is 1. The van der Waals surface area contributed by atoms with Crippen LogP contribution < -0.4 is 11.5 Å². The van der Waals surface area contributed by atoms with Crippen molar-refractivity contribution in [3.05, 3.63) is 68.6 Å². The maximum absolute atomic E-state index is 10.8. The highest BCUT2D eigenvalue weighted by atomic mass is 79.9. The summed E-state index contributed by atoms with van der Waals surface area (Å²) in [6.45, 7) is 3.16. The minimum absolute atomic E-state index is 0. The van der Waals surface area contributed by atoms with Gasteiger partial charge in [0, 0.05) is 8.95 Å². The van der Waals surface area contributed by atoms with E-state index < -0.39 is 17.0 Å². The topological polar surface area (TPSA) is 113 Å². The third kappa shape index (κ3) is 6.71. The fourth-order valence-corrected chi connectivity index (χ4v) is 2.61. The molecular weight excluding hydrogens is 485 g/mol. The van der Waals surface area contributed by atoms with Gasteiger partial charge < -0.3 is 16.6 Å². The van der Waals surface area contributed by atoms with Gasteiger partial charge in [0.15, 0.2) is 0 Å². The normalized spacial score (nSPS) is 14.3. The van der Waals surface area contributed by atoms with Crippen molar-refractivity contribution in [2.24, 2.45) is 11.5 Å². The molecule has 0 saturated carbocycles. The average molecular weight is 506 g/mol. The maximum atomic E-state index is 10.8. The van der Waals surface area contributed by atoms with Crippen molar-refractivity contribution in [1.29, 1.82) is 5.26 Å². The fourth-order valence-electron chi connectivity index (χ4n) is 1.81. The smallest absolute Gasteiger partial charge is 0.328 e. The van der Waals surface area contributed by atoms with Crippen LogP contribution in [0.3, 0.4) is 0 Å². The highest BCUT2D eigenvalue weighted by Gasteiger charge is 2.30. The zero-order valence-electron chi connectivity index (χ0n) is 14.2. The molecule has 0 heterocycles. The Morgan fingerprint density at radius 3 is 1.85 bits per heavy atom. The second-order valence-electron chi connectivity index (χ2n) is 5.84. The van der Waals surface area contributed by atoms with Gasteiger partial charge in [-0.2, -0.15) is 5.26 Å². The third-order valence-electron chi connectivity index (χ3n) is 3.53. The van der Waals surface area contributed by atoms with E-state index in [2.05, 4.69) is 31.9 Å². The second-order valence-corrected chi connectivity index (χ2v) is 7.67. The zero-order chi connectivity index (χ0) is 19.3. The lowest BCUT2D eigenvalue weighted by Gasteiger charge is -2.19. The number of hydrogen-bond acceptors (Lipinski definition) is 4. The van der Waals surface area contributed by atoms with Gasteiger partial charge in [0.25, 0.3) is 0 Å². The molecule has 8 heteroatoms. The second kappa shape index (κ2) is 10.0. The van der Waals surface area contributed by atoms with Gasteiger partial charge in [-0.3, -0.25) is 0 Å². The van der Waals surface area contributed by atoms with E-state index in [1.807, 2.05) is 36.4 Å². The van der Waals surface area contributed by atoms with Crippen LogP contribution in [0, 0.1) is 11.3 Å². The number of hydrogen-bond donors (Lipinski definition) is 3. The molecule has 0 amide bonds. The summed E-state index contributed by atoms with van der Waals surface area (Å²) >= 11 is 6.57. The van der Waals surface area contributed by atoms with E-state index in [0.717, 1.165) is 14.5 Å². The van der Waals surface area contributed by atoms with Gasteiger partial charge in [-0.1, -0.05) is 56.1 Å². The average Bonchev–Trinajstić information content (AvgIpc) is 2.55. The van der Waals surface area contributed by atoms with Gasteiger partial charge in [0.2, 0.25) is 0 Å². The van der Waals surface area contributed by atoms with Crippen LogP contribution in [0.2, 0.25) is 0 Å². The summed E-state index contributed by atoms with van der Waals surface area (Å²) < 4.78 is 1.76. The summed E-state index contributed by atoms with van der Waals surface area (Å²) in [7, 11) is 0. The number of nitriles is 1. The zero-order valence-corrected chi connectivity index (χ0v) is 18.2. The minimum atomic E-state index is -1.33. The Morgan fingerprint density at radius 1 is 1.04 bits per heavy atom. The Balaban J connectivity index is 0.000000464. The van der Waals surface area contributed by atoms with Crippen molar-refractivity contribution in [2.45, 2.75) is 24.9 Å². The first-order valence-electron chi connectivity index (χ1n) is 7.25. The van der Waals surface area contributed by atoms with Crippen LogP contribution in [-0.4, -0.2) is 11.1 Å². The number of halogens is 3. The first-order chi connectivity index (χ1) is 11.5. The fraction of sp³-hybridized carbons (Fsp3) is 0.222. The van der Waals surface area contributed by atoms with Crippen LogP contribution in [0.15, 0.2) is 57.5 Å². The number of carboxylic acid groups (broad SMARTS) is 1. The molecule has 0 fully saturated rings. The van der Waals surface area contributed by atoms with Crippen LogP contribution in [0.5, 0.6) is 0 Å². The molecule has 140 valence electrons. The predicted octanol–water partition coefficient (Wildman–Crippen LogP) is 4.28. The first-order valence-corrected chi connectivity index (χ1v) is 8.84. The van der Waals surface area contributed by atoms with Gasteiger partial charge in [0.05, 0.1) is 6.07 Å². The maximum Gasteiger partial charge on any atom is 0.328 e. The van der Waals surface area contributed by atoms with E-state index in [9.17, 15) is 4.79 Å². The molecule has 0 bridgehead atoms. The molecule has 0 aliphatic rings. The molecule has 0 aliphatic heterocycles. The molecule has 2 aromatic carbocycles. The molecule has 2 rings (SSSR count). The van der Waals surface area contributed by atoms with Gasteiger partial charge in [-0.25, -0.2) is 4.79 Å². The third-order valence-corrected chi connectivity index (χ3v) is 4.51. The lowest BCUT2D eigenvalue weighted by Crippen LogP contribution is -2.41. The van der Waals surface area contributed by atoms with Crippen molar-refractivity contribution in [1.82, 2.24) is 0 Å². The molecule has 2 aromatic rings. The Bertz CT molecular complexity index is 805. The summed E-state index contributed by atoms with van der Waals surface area (Å²) in [6, 6.07) is 16.5. The van der Waals surface area contributed by atoms with Crippen molar-refractivity contribution in [3.8, 4) is 6.07 Å².